The zero-order chi connectivity index (χ0) is 13.8. The average molecular weight is 254 g/mol. The molecule has 0 heterocycles. The van der Waals surface area contributed by atoms with Crippen molar-refractivity contribution in [3.8, 4) is 16.9 Å². The first kappa shape index (κ1) is 13.1. The Balaban J connectivity index is 2.45. The maximum atomic E-state index is 7.68. The Hall–Kier alpha value is -2.29. The Labute approximate surface area is 113 Å². The van der Waals surface area contributed by atoms with Crippen LogP contribution in [0.15, 0.2) is 48.5 Å². The molecule has 98 valence electrons. The lowest BCUT2D eigenvalue weighted by atomic mass is 10.0. The van der Waals surface area contributed by atoms with Crippen LogP contribution in [0.2, 0.25) is 0 Å². The molecule has 3 nitrogen and oxygen atoms in total. The predicted molar refractivity (Wildman–Crippen MR) is 78.7 cm³/mol. The molecule has 3 N–H and O–H groups in total. The minimum Gasteiger partial charge on any atom is -0.490 e. The van der Waals surface area contributed by atoms with Gasteiger partial charge in [-0.25, -0.2) is 0 Å². The van der Waals surface area contributed by atoms with Gasteiger partial charge in [-0.15, -0.1) is 0 Å². The van der Waals surface area contributed by atoms with Crippen LogP contribution in [0.25, 0.3) is 11.1 Å². The van der Waals surface area contributed by atoms with Gasteiger partial charge < -0.3 is 10.5 Å². The lowest BCUT2D eigenvalue weighted by Gasteiger charge is -2.15. The molecule has 0 saturated heterocycles. The standard InChI is InChI=1S/C16H18N2O/c1-11(2)19-15-9-8-13(10-14(15)16(17)18)12-6-4-3-5-7-12/h3-11H,1-2H3,(H3,17,18). The Kier molecular flexibility index (Phi) is 3.85. The highest BCUT2D eigenvalue weighted by atomic mass is 16.5. The van der Waals surface area contributed by atoms with Crippen molar-refractivity contribution < 1.29 is 4.74 Å². The van der Waals surface area contributed by atoms with E-state index in [0.29, 0.717) is 11.3 Å². The van der Waals surface area contributed by atoms with Crippen molar-refractivity contribution in [2.24, 2.45) is 5.73 Å². The fraction of sp³-hybridized carbons (Fsp3) is 0.188. The number of benzene rings is 2. The highest BCUT2D eigenvalue weighted by molar-refractivity contribution is 5.98. The Morgan fingerprint density at radius 3 is 2.32 bits per heavy atom. The summed E-state index contributed by atoms with van der Waals surface area (Å²) in [6.45, 7) is 3.91. The second-order valence-electron chi connectivity index (χ2n) is 4.66. The molecule has 3 heteroatoms. The highest BCUT2D eigenvalue weighted by Gasteiger charge is 2.10. The van der Waals surface area contributed by atoms with Crippen molar-refractivity contribution in [1.82, 2.24) is 0 Å². The summed E-state index contributed by atoms with van der Waals surface area (Å²) in [5.41, 5.74) is 8.40. The predicted octanol–water partition coefficient (Wildman–Crippen LogP) is 3.42. The van der Waals surface area contributed by atoms with Crippen LogP contribution < -0.4 is 10.5 Å². The summed E-state index contributed by atoms with van der Waals surface area (Å²) >= 11 is 0. The Morgan fingerprint density at radius 2 is 1.74 bits per heavy atom. The number of nitrogens with one attached hydrogen (secondary N) is 1. The van der Waals surface area contributed by atoms with Gasteiger partial charge in [-0.1, -0.05) is 36.4 Å². The van der Waals surface area contributed by atoms with Crippen molar-refractivity contribution >= 4 is 5.84 Å². The molecule has 0 fully saturated rings. The normalized spacial score (nSPS) is 10.5. The van der Waals surface area contributed by atoms with Crippen molar-refractivity contribution in [3.63, 3.8) is 0 Å². The molecule has 0 atom stereocenters. The van der Waals surface area contributed by atoms with Gasteiger partial charge in [-0.05, 0) is 37.1 Å². The number of nitrogen functional groups attached to an aromatic ring is 1. The summed E-state index contributed by atoms with van der Waals surface area (Å²) in [4.78, 5) is 0. The third-order valence-electron chi connectivity index (χ3n) is 2.74. The number of hydrogen-bond acceptors (Lipinski definition) is 2. The number of ether oxygens (including phenoxy) is 1. The quantitative estimate of drug-likeness (QED) is 0.648. The minimum absolute atomic E-state index is 0.0217. The molecule has 0 aliphatic carbocycles. The zero-order valence-electron chi connectivity index (χ0n) is 11.2. The first-order chi connectivity index (χ1) is 9.08. The van der Waals surface area contributed by atoms with E-state index in [2.05, 4.69) is 0 Å². The summed E-state index contributed by atoms with van der Waals surface area (Å²) < 4.78 is 5.68. The van der Waals surface area contributed by atoms with Gasteiger partial charge in [0.05, 0.1) is 11.7 Å². The van der Waals surface area contributed by atoms with Gasteiger partial charge in [0, 0.05) is 0 Å². The second kappa shape index (κ2) is 5.57. The SMILES string of the molecule is CC(C)Oc1ccc(-c2ccccc2)cc1C(=N)N. The van der Waals surface area contributed by atoms with E-state index in [0.717, 1.165) is 11.1 Å². The van der Waals surface area contributed by atoms with Crippen LogP contribution in [0.1, 0.15) is 19.4 Å². The molecule has 0 saturated carbocycles. The first-order valence-corrected chi connectivity index (χ1v) is 6.28. The molecular formula is C16H18N2O. The van der Waals surface area contributed by atoms with E-state index in [1.165, 1.54) is 0 Å². The first-order valence-electron chi connectivity index (χ1n) is 6.28. The summed E-state index contributed by atoms with van der Waals surface area (Å²) in [5.74, 6) is 0.676. The number of nitrogens with two attached hydrogens (primary N) is 1. The summed E-state index contributed by atoms with van der Waals surface area (Å²) in [6.07, 6.45) is 0.0562. The van der Waals surface area contributed by atoms with E-state index >= 15 is 0 Å². The zero-order valence-corrected chi connectivity index (χ0v) is 11.2. The largest absolute Gasteiger partial charge is 0.490 e. The molecule has 0 aliphatic heterocycles. The van der Waals surface area contributed by atoms with Crippen LogP contribution >= 0.6 is 0 Å². The van der Waals surface area contributed by atoms with Crippen LogP contribution in [-0.2, 0) is 0 Å². The molecule has 0 aliphatic rings. The maximum Gasteiger partial charge on any atom is 0.130 e. The van der Waals surface area contributed by atoms with Gasteiger partial charge >= 0.3 is 0 Å². The summed E-state index contributed by atoms with van der Waals surface area (Å²) in [5, 5.41) is 7.68. The van der Waals surface area contributed by atoms with Gasteiger partial charge in [-0.3, -0.25) is 5.41 Å². The molecule has 0 unspecified atom stereocenters. The topological polar surface area (TPSA) is 59.1 Å². The molecule has 0 spiro atoms. The van der Waals surface area contributed by atoms with E-state index in [1.54, 1.807) is 0 Å². The van der Waals surface area contributed by atoms with E-state index < -0.39 is 0 Å². The molecule has 2 rings (SSSR count). The van der Waals surface area contributed by atoms with Gasteiger partial charge in [-0.2, -0.15) is 0 Å². The van der Waals surface area contributed by atoms with Gasteiger partial charge in [0.15, 0.2) is 0 Å². The molecule has 2 aromatic rings. The fourth-order valence-corrected chi connectivity index (χ4v) is 1.91. The van der Waals surface area contributed by atoms with Crippen molar-refractivity contribution in [3.05, 3.63) is 54.1 Å². The van der Waals surface area contributed by atoms with Crippen LogP contribution in [0, 0.1) is 5.41 Å². The monoisotopic (exact) mass is 254 g/mol. The van der Waals surface area contributed by atoms with E-state index in [4.69, 9.17) is 15.9 Å². The van der Waals surface area contributed by atoms with Crippen molar-refractivity contribution in [2.75, 3.05) is 0 Å². The average Bonchev–Trinajstić information content (AvgIpc) is 2.39. The summed E-state index contributed by atoms with van der Waals surface area (Å²) in [6, 6.07) is 15.8. The smallest absolute Gasteiger partial charge is 0.130 e. The minimum atomic E-state index is 0.0217. The van der Waals surface area contributed by atoms with E-state index in [9.17, 15) is 0 Å². The third kappa shape index (κ3) is 3.13. The third-order valence-corrected chi connectivity index (χ3v) is 2.74. The van der Waals surface area contributed by atoms with Crippen molar-refractivity contribution in [2.45, 2.75) is 20.0 Å². The van der Waals surface area contributed by atoms with Crippen LogP contribution in [0.4, 0.5) is 0 Å². The van der Waals surface area contributed by atoms with Gasteiger partial charge in [0.25, 0.3) is 0 Å². The Bertz CT molecular complexity index is 577. The van der Waals surface area contributed by atoms with Crippen LogP contribution in [0.3, 0.4) is 0 Å². The second-order valence-corrected chi connectivity index (χ2v) is 4.66. The molecule has 19 heavy (non-hydrogen) atoms. The number of rotatable bonds is 4. The fourth-order valence-electron chi connectivity index (χ4n) is 1.91. The molecule has 0 radical (unpaired) electrons. The number of amidine groups is 1. The molecule has 0 aromatic heterocycles. The molecule has 0 bridgehead atoms. The van der Waals surface area contributed by atoms with Crippen LogP contribution in [-0.4, -0.2) is 11.9 Å². The lowest BCUT2D eigenvalue weighted by molar-refractivity contribution is 0.242. The maximum absolute atomic E-state index is 7.68. The van der Waals surface area contributed by atoms with Crippen molar-refractivity contribution in [1.29, 1.82) is 5.41 Å². The molecular weight excluding hydrogens is 236 g/mol. The number of hydrogen-bond donors (Lipinski definition) is 2. The lowest BCUT2D eigenvalue weighted by Crippen LogP contribution is -2.15. The van der Waals surface area contributed by atoms with E-state index in [-0.39, 0.29) is 11.9 Å². The molecule has 0 amide bonds. The Morgan fingerprint density at radius 1 is 1.05 bits per heavy atom. The highest BCUT2D eigenvalue weighted by Crippen LogP contribution is 2.27. The van der Waals surface area contributed by atoms with Crippen LogP contribution in [0.5, 0.6) is 5.75 Å². The van der Waals surface area contributed by atoms with Gasteiger partial charge in [0.2, 0.25) is 0 Å². The summed E-state index contributed by atoms with van der Waals surface area (Å²) in [7, 11) is 0. The molecule has 2 aromatic carbocycles. The van der Waals surface area contributed by atoms with E-state index in [1.807, 2.05) is 62.4 Å². The van der Waals surface area contributed by atoms with Gasteiger partial charge in [0.1, 0.15) is 11.6 Å².